The molecule has 0 aromatic carbocycles. The summed E-state index contributed by atoms with van der Waals surface area (Å²) in [6.07, 6.45) is 6.06. The lowest BCUT2D eigenvalue weighted by Crippen LogP contribution is -2.39. The van der Waals surface area contributed by atoms with Gasteiger partial charge in [-0.15, -0.1) is 11.3 Å². The van der Waals surface area contributed by atoms with E-state index in [2.05, 4.69) is 6.92 Å². The Labute approximate surface area is 148 Å². The van der Waals surface area contributed by atoms with Crippen molar-refractivity contribution in [1.29, 1.82) is 0 Å². The Kier molecular flexibility index (Phi) is 5.32. The zero-order chi connectivity index (χ0) is 17.3. The molecule has 5 nitrogen and oxygen atoms in total. The van der Waals surface area contributed by atoms with Crippen LogP contribution in [0.3, 0.4) is 0 Å². The Bertz CT molecular complexity index is 684. The first kappa shape index (κ1) is 17.9. The van der Waals surface area contributed by atoms with Crippen LogP contribution in [0.15, 0.2) is 16.3 Å². The first-order valence-electron chi connectivity index (χ1n) is 8.76. The van der Waals surface area contributed by atoms with Gasteiger partial charge in [0.15, 0.2) is 0 Å². The second-order valence-electron chi connectivity index (χ2n) is 7.05. The van der Waals surface area contributed by atoms with Crippen LogP contribution in [0.5, 0.6) is 0 Å². The number of amides is 1. The topological polar surface area (TPSA) is 57.7 Å². The van der Waals surface area contributed by atoms with Crippen LogP contribution in [-0.4, -0.2) is 49.7 Å². The van der Waals surface area contributed by atoms with E-state index in [1.165, 1.54) is 15.6 Å². The number of thiophene rings is 1. The summed E-state index contributed by atoms with van der Waals surface area (Å²) in [7, 11) is -1.73. The third-order valence-corrected chi connectivity index (χ3v) is 8.33. The minimum Gasteiger partial charge on any atom is -0.338 e. The summed E-state index contributed by atoms with van der Waals surface area (Å²) in [4.78, 5) is 15.2. The van der Waals surface area contributed by atoms with Crippen LogP contribution in [0.2, 0.25) is 0 Å². The molecule has 0 atom stereocenters. The number of sulfonamides is 1. The first-order chi connectivity index (χ1) is 11.4. The lowest BCUT2D eigenvalue weighted by atomic mass is 9.87. The standard InChI is InChI=1S/C17H26N2O3S2/c1-13-5-7-14(8-6-13)18(2)17(20)16-15(9-12-23-16)24(21,22)19-10-3-4-11-19/h9,12-14H,3-8,10-11H2,1-2H3. The minimum absolute atomic E-state index is 0.151. The molecule has 1 aliphatic carbocycles. The van der Waals surface area contributed by atoms with E-state index >= 15 is 0 Å². The predicted octanol–water partition coefficient (Wildman–Crippen LogP) is 3.18. The molecule has 3 rings (SSSR count). The van der Waals surface area contributed by atoms with Gasteiger partial charge in [0.25, 0.3) is 5.91 Å². The molecule has 2 heterocycles. The number of nitrogens with zero attached hydrogens (tertiary/aromatic N) is 2. The smallest absolute Gasteiger partial charge is 0.265 e. The highest BCUT2D eigenvalue weighted by Gasteiger charge is 2.34. The van der Waals surface area contributed by atoms with Gasteiger partial charge in [-0.1, -0.05) is 6.92 Å². The molecule has 1 saturated carbocycles. The summed E-state index contributed by atoms with van der Waals surface area (Å²) in [5.74, 6) is 0.569. The van der Waals surface area contributed by atoms with Crippen LogP contribution in [0.25, 0.3) is 0 Å². The lowest BCUT2D eigenvalue weighted by Gasteiger charge is -2.33. The quantitative estimate of drug-likeness (QED) is 0.818. The fraction of sp³-hybridized carbons (Fsp3) is 0.706. The van der Waals surface area contributed by atoms with Crippen molar-refractivity contribution in [1.82, 2.24) is 9.21 Å². The van der Waals surface area contributed by atoms with Gasteiger partial charge >= 0.3 is 0 Å². The molecule has 0 unspecified atom stereocenters. The molecule has 1 aliphatic heterocycles. The molecular formula is C17H26N2O3S2. The molecule has 0 spiro atoms. The Balaban J connectivity index is 1.80. The van der Waals surface area contributed by atoms with E-state index in [0.717, 1.165) is 44.4 Å². The average molecular weight is 371 g/mol. The van der Waals surface area contributed by atoms with Crippen LogP contribution in [0.4, 0.5) is 0 Å². The van der Waals surface area contributed by atoms with Crippen molar-refractivity contribution in [2.24, 2.45) is 5.92 Å². The van der Waals surface area contributed by atoms with Gasteiger partial charge in [0.2, 0.25) is 10.0 Å². The highest BCUT2D eigenvalue weighted by atomic mass is 32.2. The zero-order valence-electron chi connectivity index (χ0n) is 14.4. The van der Waals surface area contributed by atoms with Crippen molar-refractivity contribution in [2.45, 2.75) is 56.4 Å². The molecule has 24 heavy (non-hydrogen) atoms. The van der Waals surface area contributed by atoms with Crippen LogP contribution in [-0.2, 0) is 10.0 Å². The molecule has 0 radical (unpaired) electrons. The molecule has 2 fully saturated rings. The van der Waals surface area contributed by atoms with Gasteiger partial charge in [0.05, 0.1) is 0 Å². The summed E-state index contributed by atoms with van der Waals surface area (Å²) in [5.41, 5.74) is 0. The van der Waals surface area contributed by atoms with Gasteiger partial charge in [0.1, 0.15) is 9.77 Å². The van der Waals surface area contributed by atoms with Gasteiger partial charge in [-0.2, -0.15) is 4.31 Å². The van der Waals surface area contributed by atoms with E-state index in [1.54, 1.807) is 16.3 Å². The van der Waals surface area contributed by atoms with E-state index < -0.39 is 10.0 Å². The molecule has 0 N–H and O–H groups in total. The van der Waals surface area contributed by atoms with Crippen molar-refractivity contribution in [2.75, 3.05) is 20.1 Å². The molecule has 7 heteroatoms. The monoisotopic (exact) mass is 370 g/mol. The molecule has 1 aromatic heterocycles. The Morgan fingerprint density at radius 1 is 1.21 bits per heavy atom. The second-order valence-corrected chi connectivity index (χ2v) is 9.88. The van der Waals surface area contributed by atoms with Gasteiger partial charge in [-0.25, -0.2) is 8.42 Å². The van der Waals surface area contributed by atoms with E-state index in [1.807, 2.05) is 7.05 Å². The summed E-state index contributed by atoms with van der Waals surface area (Å²) in [6, 6.07) is 1.81. The van der Waals surface area contributed by atoms with Crippen molar-refractivity contribution in [3.8, 4) is 0 Å². The molecule has 0 bridgehead atoms. The lowest BCUT2D eigenvalue weighted by molar-refractivity contribution is 0.0681. The van der Waals surface area contributed by atoms with Crippen LogP contribution >= 0.6 is 11.3 Å². The summed E-state index contributed by atoms with van der Waals surface area (Å²) in [5, 5.41) is 1.72. The molecule has 1 saturated heterocycles. The van der Waals surface area contributed by atoms with Gasteiger partial charge in [0, 0.05) is 26.2 Å². The second kappa shape index (κ2) is 7.14. The number of hydrogen-bond acceptors (Lipinski definition) is 4. The SMILES string of the molecule is CC1CCC(N(C)C(=O)c2sccc2S(=O)(=O)N2CCCC2)CC1. The van der Waals surface area contributed by atoms with Crippen molar-refractivity contribution < 1.29 is 13.2 Å². The summed E-state index contributed by atoms with van der Waals surface area (Å²) >= 11 is 1.24. The van der Waals surface area contributed by atoms with Crippen molar-refractivity contribution >= 4 is 27.3 Å². The van der Waals surface area contributed by atoms with Gasteiger partial charge < -0.3 is 4.90 Å². The van der Waals surface area contributed by atoms with Crippen LogP contribution in [0, 0.1) is 5.92 Å². The van der Waals surface area contributed by atoms with Crippen molar-refractivity contribution in [3.05, 3.63) is 16.3 Å². The number of hydrogen-bond donors (Lipinski definition) is 0. The van der Waals surface area contributed by atoms with E-state index in [4.69, 9.17) is 0 Å². The van der Waals surface area contributed by atoms with E-state index in [0.29, 0.717) is 18.0 Å². The highest BCUT2D eigenvalue weighted by Crippen LogP contribution is 2.31. The fourth-order valence-corrected chi connectivity index (χ4v) is 6.57. The maximum Gasteiger partial charge on any atom is 0.265 e. The Morgan fingerprint density at radius 3 is 2.46 bits per heavy atom. The van der Waals surface area contributed by atoms with Crippen LogP contribution < -0.4 is 0 Å². The zero-order valence-corrected chi connectivity index (χ0v) is 16.0. The molecule has 1 amide bonds. The first-order valence-corrected chi connectivity index (χ1v) is 11.1. The average Bonchev–Trinajstić information content (AvgIpc) is 3.26. The van der Waals surface area contributed by atoms with Crippen LogP contribution in [0.1, 0.15) is 55.1 Å². The number of carbonyl (C=O) groups excluding carboxylic acids is 1. The molecule has 134 valence electrons. The van der Waals surface area contributed by atoms with Gasteiger partial charge in [-0.3, -0.25) is 4.79 Å². The third-order valence-electron chi connectivity index (χ3n) is 5.36. The van der Waals surface area contributed by atoms with Crippen molar-refractivity contribution in [3.63, 3.8) is 0 Å². The van der Waals surface area contributed by atoms with E-state index in [-0.39, 0.29) is 16.8 Å². The summed E-state index contributed by atoms with van der Waals surface area (Å²) < 4.78 is 27.2. The predicted molar refractivity (Wildman–Crippen MR) is 95.8 cm³/mol. The molecule has 1 aromatic rings. The Hall–Kier alpha value is -0.920. The number of carbonyl (C=O) groups is 1. The highest BCUT2D eigenvalue weighted by molar-refractivity contribution is 7.89. The molecular weight excluding hydrogens is 344 g/mol. The normalized spacial score (nSPS) is 25.8. The fourth-order valence-electron chi connectivity index (χ4n) is 3.68. The maximum atomic E-state index is 12.9. The van der Waals surface area contributed by atoms with Gasteiger partial charge in [-0.05, 0) is 55.9 Å². The molecule has 2 aliphatic rings. The Morgan fingerprint density at radius 2 is 1.83 bits per heavy atom. The maximum absolute atomic E-state index is 12.9. The third kappa shape index (κ3) is 3.39. The number of rotatable bonds is 4. The minimum atomic E-state index is -3.55. The largest absolute Gasteiger partial charge is 0.338 e. The summed E-state index contributed by atoms with van der Waals surface area (Å²) in [6.45, 7) is 3.36. The van der Waals surface area contributed by atoms with E-state index in [9.17, 15) is 13.2 Å².